The van der Waals surface area contributed by atoms with Gasteiger partial charge in [0.15, 0.2) is 0 Å². The third kappa shape index (κ3) is 2.98. The maximum atomic E-state index is 11.4. The molecule has 0 bridgehead atoms. The summed E-state index contributed by atoms with van der Waals surface area (Å²) in [6.45, 7) is 5.84. The van der Waals surface area contributed by atoms with E-state index in [4.69, 9.17) is 0 Å². The number of nitrogens with zero attached hydrogens (tertiary/aromatic N) is 1. The Morgan fingerprint density at radius 2 is 2.11 bits per heavy atom. The van der Waals surface area contributed by atoms with Gasteiger partial charge in [0, 0.05) is 0 Å². The number of likely N-dealkylation sites (tertiary alicyclic amines) is 1. The molecule has 1 aliphatic rings. The summed E-state index contributed by atoms with van der Waals surface area (Å²) in [4.78, 5) is 13.5. The topological polar surface area (TPSA) is 40.5 Å². The summed E-state index contributed by atoms with van der Waals surface area (Å²) in [5.41, 5.74) is 0.676. The monoisotopic (exact) mass is 261 g/mol. The molecule has 1 fully saturated rings. The van der Waals surface area contributed by atoms with Gasteiger partial charge < -0.3 is 5.11 Å². The third-order valence-corrected chi connectivity index (χ3v) is 4.45. The first-order valence-corrected chi connectivity index (χ1v) is 7.07. The lowest BCUT2D eigenvalue weighted by Crippen LogP contribution is -2.48. The molecule has 0 spiro atoms. The minimum Gasteiger partial charge on any atom is -0.480 e. The molecule has 2 atom stereocenters. The predicted molar refractivity (Wildman–Crippen MR) is 76.3 cm³/mol. The lowest BCUT2D eigenvalue weighted by Gasteiger charge is -2.31. The van der Waals surface area contributed by atoms with E-state index >= 15 is 0 Å². The quantitative estimate of drug-likeness (QED) is 0.885. The van der Waals surface area contributed by atoms with E-state index in [0.717, 1.165) is 32.4 Å². The Balaban J connectivity index is 1.94. The van der Waals surface area contributed by atoms with Gasteiger partial charge in [-0.25, -0.2) is 0 Å². The van der Waals surface area contributed by atoms with E-state index in [9.17, 15) is 9.90 Å². The Labute approximate surface area is 115 Å². The number of rotatable bonds is 5. The van der Waals surface area contributed by atoms with Gasteiger partial charge in [-0.15, -0.1) is 0 Å². The lowest BCUT2D eigenvalue weighted by atomic mass is 9.95. The Morgan fingerprint density at radius 1 is 1.42 bits per heavy atom. The molecule has 0 aromatic heterocycles. The number of carboxylic acids is 1. The van der Waals surface area contributed by atoms with Crippen LogP contribution in [-0.4, -0.2) is 34.6 Å². The van der Waals surface area contributed by atoms with Crippen molar-refractivity contribution in [3.8, 4) is 0 Å². The molecule has 2 unspecified atom stereocenters. The Morgan fingerprint density at radius 3 is 2.74 bits per heavy atom. The molecule has 1 aromatic carbocycles. The van der Waals surface area contributed by atoms with Crippen molar-refractivity contribution in [2.45, 2.75) is 44.6 Å². The molecule has 0 amide bonds. The minimum absolute atomic E-state index is 0.472. The third-order valence-electron chi connectivity index (χ3n) is 4.45. The first-order chi connectivity index (χ1) is 9.04. The molecule has 1 aliphatic heterocycles. The number of carbonyl (C=O) groups is 1. The van der Waals surface area contributed by atoms with Crippen LogP contribution in [0.15, 0.2) is 30.3 Å². The van der Waals surface area contributed by atoms with Crippen LogP contribution in [0.4, 0.5) is 0 Å². The van der Waals surface area contributed by atoms with Crippen molar-refractivity contribution in [3.63, 3.8) is 0 Å². The van der Waals surface area contributed by atoms with Crippen molar-refractivity contribution in [3.05, 3.63) is 35.9 Å². The molecule has 0 aliphatic carbocycles. The van der Waals surface area contributed by atoms with Crippen LogP contribution in [-0.2, 0) is 4.79 Å². The van der Waals surface area contributed by atoms with E-state index in [-0.39, 0.29) is 0 Å². The number of carboxylic acid groups (broad SMARTS) is 1. The Kier molecular flexibility index (Phi) is 4.25. The molecule has 1 aromatic rings. The van der Waals surface area contributed by atoms with Gasteiger partial charge in [-0.3, -0.25) is 9.69 Å². The highest BCUT2D eigenvalue weighted by Crippen LogP contribution is 2.30. The van der Waals surface area contributed by atoms with Crippen LogP contribution in [0.3, 0.4) is 0 Å². The Hall–Kier alpha value is -1.35. The van der Waals surface area contributed by atoms with E-state index in [1.165, 1.54) is 5.56 Å². The normalized spacial score (nSPS) is 25.4. The van der Waals surface area contributed by atoms with Crippen molar-refractivity contribution in [1.29, 1.82) is 0 Å². The molecular weight excluding hydrogens is 238 g/mol. The van der Waals surface area contributed by atoms with Gasteiger partial charge >= 0.3 is 5.97 Å². The molecule has 104 valence electrons. The fraction of sp³-hybridized carbons (Fsp3) is 0.562. The van der Waals surface area contributed by atoms with E-state index in [2.05, 4.69) is 36.1 Å². The molecule has 2 rings (SSSR count). The van der Waals surface area contributed by atoms with Crippen LogP contribution in [0, 0.1) is 0 Å². The lowest BCUT2D eigenvalue weighted by molar-refractivity contribution is -0.148. The summed E-state index contributed by atoms with van der Waals surface area (Å²) in [5, 5.41) is 9.38. The summed E-state index contributed by atoms with van der Waals surface area (Å²) >= 11 is 0. The fourth-order valence-electron chi connectivity index (χ4n) is 2.92. The molecule has 0 radical (unpaired) electrons. The zero-order valence-electron chi connectivity index (χ0n) is 11.8. The molecule has 3 nitrogen and oxygen atoms in total. The number of hydrogen-bond acceptors (Lipinski definition) is 2. The maximum Gasteiger partial charge on any atom is 0.323 e. The highest BCUT2D eigenvalue weighted by Gasteiger charge is 2.42. The van der Waals surface area contributed by atoms with Crippen molar-refractivity contribution in [1.82, 2.24) is 4.90 Å². The van der Waals surface area contributed by atoms with Gasteiger partial charge in [0.1, 0.15) is 5.54 Å². The van der Waals surface area contributed by atoms with Gasteiger partial charge in [-0.05, 0) is 50.8 Å². The number of hydrogen-bond donors (Lipinski definition) is 1. The summed E-state index contributed by atoms with van der Waals surface area (Å²) in [6, 6.07) is 10.4. The SMILES string of the molecule is CC(CCN1CCCC1(C)C(=O)O)c1ccccc1. The molecule has 3 heteroatoms. The zero-order valence-corrected chi connectivity index (χ0v) is 11.8. The van der Waals surface area contributed by atoms with Crippen LogP contribution in [0.2, 0.25) is 0 Å². The highest BCUT2D eigenvalue weighted by molar-refractivity contribution is 5.78. The molecule has 1 saturated heterocycles. The van der Waals surface area contributed by atoms with Crippen LogP contribution < -0.4 is 0 Å². The molecule has 0 saturated carbocycles. The molecule has 1 heterocycles. The van der Waals surface area contributed by atoms with Crippen LogP contribution in [0.1, 0.15) is 44.6 Å². The van der Waals surface area contributed by atoms with Crippen molar-refractivity contribution in [2.75, 3.05) is 13.1 Å². The molecule has 1 N–H and O–H groups in total. The number of aliphatic carboxylic acids is 1. The summed E-state index contributed by atoms with van der Waals surface area (Å²) < 4.78 is 0. The predicted octanol–water partition coefficient (Wildman–Crippen LogP) is 3.12. The first-order valence-electron chi connectivity index (χ1n) is 7.07. The average Bonchev–Trinajstić information content (AvgIpc) is 2.80. The molecular formula is C16H23NO2. The summed E-state index contributed by atoms with van der Waals surface area (Å²) in [7, 11) is 0. The largest absolute Gasteiger partial charge is 0.480 e. The second-order valence-electron chi connectivity index (χ2n) is 5.77. The van der Waals surface area contributed by atoms with Crippen LogP contribution in [0.5, 0.6) is 0 Å². The van der Waals surface area contributed by atoms with E-state index in [1.54, 1.807) is 0 Å². The second kappa shape index (κ2) is 5.74. The summed E-state index contributed by atoms with van der Waals surface area (Å²) in [6.07, 6.45) is 2.76. The zero-order chi connectivity index (χ0) is 13.9. The maximum absolute atomic E-state index is 11.4. The van der Waals surface area contributed by atoms with Crippen LogP contribution >= 0.6 is 0 Å². The van der Waals surface area contributed by atoms with Gasteiger partial charge in [0.05, 0.1) is 0 Å². The fourth-order valence-corrected chi connectivity index (χ4v) is 2.92. The standard InChI is InChI=1S/C16H23NO2/c1-13(14-7-4-3-5-8-14)9-12-17-11-6-10-16(17,2)15(18)19/h3-5,7-8,13H,6,9-12H2,1-2H3,(H,18,19). The molecule has 19 heavy (non-hydrogen) atoms. The van der Waals surface area contributed by atoms with E-state index in [1.807, 2.05) is 13.0 Å². The van der Waals surface area contributed by atoms with Gasteiger partial charge in [-0.1, -0.05) is 37.3 Å². The van der Waals surface area contributed by atoms with Gasteiger partial charge in [-0.2, -0.15) is 0 Å². The van der Waals surface area contributed by atoms with Crippen molar-refractivity contribution >= 4 is 5.97 Å². The minimum atomic E-state index is -0.683. The van der Waals surface area contributed by atoms with Gasteiger partial charge in [0.25, 0.3) is 0 Å². The van der Waals surface area contributed by atoms with Crippen LogP contribution in [0.25, 0.3) is 0 Å². The summed E-state index contributed by atoms with van der Waals surface area (Å²) in [5.74, 6) is -0.211. The average molecular weight is 261 g/mol. The van der Waals surface area contributed by atoms with Crippen molar-refractivity contribution in [2.24, 2.45) is 0 Å². The number of benzene rings is 1. The Bertz CT molecular complexity index is 432. The van der Waals surface area contributed by atoms with E-state index < -0.39 is 11.5 Å². The van der Waals surface area contributed by atoms with Crippen molar-refractivity contribution < 1.29 is 9.90 Å². The second-order valence-corrected chi connectivity index (χ2v) is 5.77. The van der Waals surface area contributed by atoms with Gasteiger partial charge in [0.2, 0.25) is 0 Å². The first kappa shape index (κ1) is 14.1. The van der Waals surface area contributed by atoms with E-state index in [0.29, 0.717) is 5.92 Å². The smallest absolute Gasteiger partial charge is 0.323 e. The highest BCUT2D eigenvalue weighted by atomic mass is 16.4.